The predicted octanol–water partition coefficient (Wildman–Crippen LogP) is 12.7. The van der Waals surface area contributed by atoms with Gasteiger partial charge in [-0.15, -0.1) is 0 Å². The molecule has 0 heterocycles. The third-order valence-corrected chi connectivity index (χ3v) is 21.4. The first-order chi connectivity index (χ1) is 47.5. The maximum Gasteiger partial charge on any atom is 0.339 e. The molecule has 100 heavy (non-hydrogen) atoms. The lowest BCUT2D eigenvalue weighted by atomic mass is 9.82. The largest absolute Gasteiger partial charge is 0.465 e. The summed E-state index contributed by atoms with van der Waals surface area (Å²) in [5.41, 5.74) is 5.14. The van der Waals surface area contributed by atoms with Gasteiger partial charge in [-0.05, 0) is 243 Å². The zero-order valence-electron chi connectivity index (χ0n) is 57.0. The first-order valence-electron chi connectivity index (χ1n) is 32.8. The second-order valence-electron chi connectivity index (χ2n) is 24.6. The number of hydrogen-bond donors (Lipinski definition) is 0. The predicted molar refractivity (Wildman–Crippen MR) is 373 cm³/mol. The van der Waals surface area contributed by atoms with Gasteiger partial charge in [0, 0.05) is 0 Å². The van der Waals surface area contributed by atoms with Crippen molar-refractivity contribution in [2.75, 3.05) is 26.4 Å². The molecule has 0 N–H and O–H groups in total. The van der Waals surface area contributed by atoms with Gasteiger partial charge in [-0.1, -0.05) is 98.5 Å². The quantitative estimate of drug-likeness (QED) is 0.0250. The lowest BCUT2D eigenvalue weighted by molar-refractivity contribution is -0.143. The van der Waals surface area contributed by atoms with Crippen LogP contribution in [0.1, 0.15) is 142 Å². The molecule has 8 bridgehead atoms. The second-order valence-corrected chi connectivity index (χ2v) is 30.8. The van der Waals surface area contributed by atoms with E-state index in [1.54, 1.807) is 104 Å². The van der Waals surface area contributed by atoms with Gasteiger partial charge in [-0.3, -0.25) is 19.2 Å². The zero-order chi connectivity index (χ0) is 72.1. The Kier molecular flexibility index (Phi) is 24.5. The fraction of sp³-hybridized carbons (Fsp3) is 0.316. The Hall–Kier alpha value is -9.36. The number of ether oxygens (including phenoxy) is 4. The molecular weight excluding hydrogens is 1360 g/mol. The average molecular weight is 1440 g/mol. The number of hydrogen-bond acceptors (Lipinski definition) is 20. The van der Waals surface area contributed by atoms with Crippen molar-refractivity contribution < 1.29 is 88.5 Å². The highest BCUT2D eigenvalue weighted by Crippen LogP contribution is 2.40. The lowest BCUT2D eigenvalue weighted by Crippen LogP contribution is -2.19. The number of esters is 4. The molecule has 0 unspecified atom stereocenters. The summed E-state index contributed by atoms with van der Waals surface area (Å²) in [5.74, 6) is -4.12. The normalized spacial score (nSPS) is 12.4. The number of carbonyl (C=O) groups excluding carboxylic acids is 4. The fourth-order valence-electron chi connectivity index (χ4n) is 11.4. The molecule has 0 radical (unpaired) electrons. The van der Waals surface area contributed by atoms with Crippen molar-refractivity contribution in [2.24, 2.45) is 0 Å². The van der Waals surface area contributed by atoms with Crippen LogP contribution in [0, 0.1) is 27.7 Å². The molecule has 8 aromatic carbocycles. The molecule has 0 atom stereocenters. The van der Waals surface area contributed by atoms with E-state index in [1.807, 2.05) is 0 Å². The van der Waals surface area contributed by atoms with Gasteiger partial charge in [0.1, 0.15) is 42.6 Å². The Morgan fingerprint density at radius 3 is 0.590 bits per heavy atom. The van der Waals surface area contributed by atoms with Gasteiger partial charge in [0.15, 0.2) is 0 Å². The van der Waals surface area contributed by atoms with Crippen LogP contribution >= 0.6 is 0 Å². The minimum atomic E-state index is -4.70. The molecule has 0 aromatic heterocycles. The van der Waals surface area contributed by atoms with E-state index >= 15 is 0 Å². The van der Waals surface area contributed by atoms with E-state index < -0.39 is 90.0 Å². The Morgan fingerprint density at radius 1 is 0.280 bits per heavy atom. The van der Waals surface area contributed by atoms with Crippen molar-refractivity contribution >= 4 is 64.3 Å². The molecule has 1 aliphatic rings. The smallest absolute Gasteiger partial charge is 0.339 e. The van der Waals surface area contributed by atoms with E-state index in [2.05, 4.69) is 0 Å². The van der Waals surface area contributed by atoms with Gasteiger partial charge in [0.2, 0.25) is 0 Å². The maximum atomic E-state index is 14.6. The van der Waals surface area contributed by atoms with Crippen LogP contribution in [0.4, 0.5) is 0 Å². The van der Waals surface area contributed by atoms with Gasteiger partial charge < -0.3 is 35.7 Å². The molecule has 0 aliphatic heterocycles. The van der Waals surface area contributed by atoms with Crippen molar-refractivity contribution in [3.63, 3.8) is 0 Å². The Balaban J connectivity index is 1.45. The fourth-order valence-corrected chi connectivity index (χ4v) is 15.1. The van der Waals surface area contributed by atoms with Crippen LogP contribution in [0.3, 0.4) is 0 Å². The van der Waals surface area contributed by atoms with Crippen LogP contribution < -0.4 is 16.7 Å². The molecule has 1 aliphatic carbocycles. The second kappa shape index (κ2) is 32.8. The van der Waals surface area contributed by atoms with Gasteiger partial charge >= 0.3 is 64.3 Å². The van der Waals surface area contributed by atoms with Gasteiger partial charge in [-0.2, -0.15) is 33.7 Å². The van der Waals surface area contributed by atoms with E-state index in [0.717, 1.165) is 22.3 Å². The number of carbonyl (C=O) groups is 4. The Morgan fingerprint density at radius 2 is 0.440 bits per heavy atom. The number of fused-ring (bicyclic) bond motifs is 8. The summed E-state index contributed by atoms with van der Waals surface area (Å²) in [7, 11) is -18.8. The average Bonchev–Trinajstić information content (AvgIpc) is 0.767. The molecule has 8 aromatic rings. The summed E-state index contributed by atoms with van der Waals surface area (Å²) < 4.78 is 164. The van der Waals surface area contributed by atoms with E-state index in [-0.39, 0.29) is 161 Å². The van der Waals surface area contributed by atoms with E-state index in [0.29, 0.717) is 25.7 Å². The van der Waals surface area contributed by atoms with Crippen molar-refractivity contribution in [2.45, 2.75) is 152 Å². The monoisotopic (exact) mass is 1440 g/mol. The lowest BCUT2D eigenvalue weighted by Gasteiger charge is -2.24. The van der Waals surface area contributed by atoms with E-state index in [1.165, 1.54) is 97.1 Å². The molecule has 0 amide bonds. The Bertz CT molecular complexity index is 4110. The molecular formula is C76H80O20S4. The highest BCUT2D eigenvalue weighted by Gasteiger charge is 2.31. The van der Waals surface area contributed by atoms with Gasteiger partial charge in [0.25, 0.3) is 0 Å². The molecule has 0 spiro atoms. The summed E-state index contributed by atoms with van der Waals surface area (Å²) in [6.45, 7) is 14.3. The highest BCUT2D eigenvalue weighted by atomic mass is 32.2. The van der Waals surface area contributed by atoms with Crippen molar-refractivity contribution in [3.8, 4) is 23.0 Å². The molecule has 0 fully saturated rings. The minimum Gasteiger partial charge on any atom is -0.465 e. The van der Waals surface area contributed by atoms with Crippen LogP contribution in [0.2, 0.25) is 0 Å². The summed E-state index contributed by atoms with van der Waals surface area (Å²) >= 11 is 0. The topological polar surface area (TPSA) is 279 Å². The van der Waals surface area contributed by atoms with Crippen molar-refractivity contribution in [1.29, 1.82) is 0 Å². The summed E-state index contributed by atoms with van der Waals surface area (Å²) in [4.78, 5) is 56.9. The standard InChI is InChI=1S/C76H80O20S4/c1-9-29-89-73(77)45-69-53-33-55-39-62(94-98(83,84)66-23-15-50(6)16-24-66)41-57(70(55)46-74(78)90-30-10-2)35-59-43-64(96-100(87,88)68-27-19-52(8)20-28-68)44-60(72(59)48-76(80)92-32-12-4)36-58-42-63(95-99(85,86)67-25-17-51(7)18-26-67)40-56(71(58)47-75(79)91-31-11-3)34-54(69)38-61(37-53)93-97(81,82)65-21-13-49(5)14-22-65/h13-28,37-44H,9-12,29-36,45-48H2,1-8H3. The van der Waals surface area contributed by atoms with Gasteiger partial charge in [0.05, 0.1) is 52.1 Å². The summed E-state index contributed by atoms with van der Waals surface area (Å²) in [5, 5.41) is 0. The van der Waals surface area contributed by atoms with E-state index in [9.17, 15) is 52.8 Å². The van der Waals surface area contributed by atoms with Crippen LogP contribution in [-0.2, 0) is 130 Å². The number of benzene rings is 8. The molecule has 0 saturated carbocycles. The first-order valence-corrected chi connectivity index (χ1v) is 38.4. The number of rotatable bonds is 28. The zero-order valence-corrected chi connectivity index (χ0v) is 60.2. The Labute approximate surface area is 585 Å². The molecule has 24 heteroatoms. The van der Waals surface area contributed by atoms with Gasteiger partial charge in [-0.25, -0.2) is 0 Å². The van der Waals surface area contributed by atoms with Crippen molar-refractivity contribution in [3.05, 3.63) is 235 Å². The van der Waals surface area contributed by atoms with Crippen LogP contribution in [0.25, 0.3) is 0 Å². The van der Waals surface area contributed by atoms with Crippen LogP contribution in [0.15, 0.2) is 165 Å². The molecule has 528 valence electrons. The van der Waals surface area contributed by atoms with Crippen LogP contribution in [0.5, 0.6) is 23.0 Å². The summed E-state index contributed by atoms with van der Waals surface area (Å²) in [6.07, 6.45) is -1.87. The van der Waals surface area contributed by atoms with E-state index in [4.69, 9.17) is 35.7 Å². The number of aryl methyl sites for hydroxylation is 4. The van der Waals surface area contributed by atoms with Crippen molar-refractivity contribution in [1.82, 2.24) is 0 Å². The molecule has 20 nitrogen and oxygen atoms in total. The molecule has 9 rings (SSSR count). The highest BCUT2D eigenvalue weighted by molar-refractivity contribution is 7.88. The summed E-state index contributed by atoms with van der Waals surface area (Å²) in [6, 6.07) is 34.7. The van der Waals surface area contributed by atoms with Crippen LogP contribution in [-0.4, -0.2) is 84.0 Å². The third kappa shape index (κ3) is 19.5. The first kappa shape index (κ1) is 74.9. The maximum absolute atomic E-state index is 14.6. The third-order valence-electron chi connectivity index (χ3n) is 16.4. The SMILES string of the molecule is CCCOC(=O)Cc1c2cc(OS(=O)(=O)c3ccc(C)cc3)cc1Cc1cc(OS(=O)(=O)c3ccc(C)cc3)cc(c1CC(=O)OCCC)Cc1cc(OS(=O)(=O)c3ccc(C)cc3)cc(c1CC(=O)OCCC)Cc1cc(OS(=O)(=O)c3ccc(C)cc3)cc(c1CC(=O)OCCC)C2. The minimum absolute atomic E-state index is 0.00692. The molecule has 0 saturated heterocycles.